The average molecular weight is 361 g/mol. The normalized spacial score (nSPS) is 10.1. The lowest BCUT2D eigenvalue weighted by Crippen LogP contribution is -2.13. The van der Waals surface area contributed by atoms with Crippen LogP contribution < -0.4 is 10.1 Å². The number of carbonyl (C=O) groups is 2. The van der Waals surface area contributed by atoms with E-state index in [1.54, 1.807) is 36.4 Å². The van der Waals surface area contributed by atoms with Crippen molar-refractivity contribution in [2.45, 2.75) is 0 Å². The summed E-state index contributed by atoms with van der Waals surface area (Å²) in [5.74, 6) is -0.237. The highest BCUT2D eigenvalue weighted by Crippen LogP contribution is 2.27. The van der Waals surface area contributed by atoms with Crippen molar-refractivity contribution in [3.8, 4) is 16.9 Å². The van der Waals surface area contributed by atoms with Gasteiger partial charge in [-0.1, -0.05) is 36.4 Å². The van der Waals surface area contributed by atoms with Crippen molar-refractivity contribution in [2.24, 2.45) is 0 Å². The minimum absolute atomic E-state index is 0.296. The first kappa shape index (κ1) is 18.2. The van der Waals surface area contributed by atoms with Gasteiger partial charge in [-0.25, -0.2) is 4.79 Å². The third kappa shape index (κ3) is 4.15. The first-order valence-corrected chi connectivity index (χ1v) is 8.35. The molecule has 0 radical (unpaired) electrons. The van der Waals surface area contributed by atoms with Crippen LogP contribution in [0.25, 0.3) is 11.1 Å². The fourth-order valence-electron chi connectivity index (χ4n) is 2.70. The molecule has 3 aromatic rings. The van der Waals surface area contributed by atoms with E-state index in [0.717, 1.165) is 11.1 Å². The lowest BCUT2D eigenvalue weighted by Gasteiger charge is -2.12. The Morgan fingerprint density at radius 1 is 0.815 bits per heavy atom. The summed E-state index contributed by atoms with van der Waals surface area (Å²) in [7, 11) is 2.85. The predicted molar refractivity (Wildman–Crippen MR) is 104 cm³/mol. The Kier molecular flexibility index (Phi) is 5.52. The monoisotopic (exact) mass is 361 g/mol. The molecule has 0 spiro atoms. The van der Waals surface area contributed by atoms with Gasteiger partial charge in [0.05, 0.1) is 25.3 Å². The Labute approximate surface area is 157 Å². The van der Waals surface area contributed by atoms with Crippen LogP contribution in [0.4, 0.5) is 5.69 Å². The number of anilines is 1. The molecule has 5 nitrogen and oxygen atoms in total. The molecule has 0 heterocycles. The molecule has 27 heavy (non-hydrogen) atoms. The van der Waals surface area contributed by atoms with Gasteiger partial charge in [0.25, 0.3) is 5.91 Å². The molecule has 0 fully saturated rings. The molecule has 3 aromatic carbocycles. The minimum atomic E-state index is -0.426. The van der Waals surface area contributed by atoms with Gasteiger partial charge in [0.2, 0.25) is 0 Å². The molecule has 0 saturated carbocycles. The molecule has 1 amide bonds. The third-order valence-corrected chi connectivity index (χ3v) is 4.12. The van der Waals surface area contributed by atoms with Gasteiger partial charge in [0, 0.05) is 5.69 Å². The van der Waals surface area contributed by atoms with E-state index >= 15 is 0 Å². The fraction of sp³-hybridized carbons (Fsp3) is 0.0909. The van der Waals surface area contributed by atoms with Gasteiger partial charge in [0.1, 0.15) is 5.75 Å². The van der Waals surface area contributed by atoms with Crippen LogP contribution in [0, 0.1) is 0 Å². The number of methoxy groups -OCH3 is 2. The molecule has 0 aliphatic rings. The van der Waals surface area contributed by atoms with Crippen LogP contribution in [0.3, 0.4) is 0 Å². The number of hydrogen-bond acceptors (Lipinski definition) is 4. The Bertz CT molecular complexity index is 950. The Hall–Kier alpha value is -3.60. The molecule has 0 saturated heterocycles. The second kappa shape index (κ2) is 8.19. The van der Waals surface area contributed by atoms with E-state index in [0.29, 0.717) is 22.6 Å². The van der Waals surface area contributed by atoms with Crippen LogP contribution >= 0.6 is 0 Å². The number of nitrogens with one attached hydrogen (secondary N) is 1. The summed E-state index contributed by atoms with van der Waals surface area (Å²) in [5.41, 5.74) is 3.34. The number of amides is 1. The zero-order valence-corrected chi connectivity index (χ0v) is 15.1. The molecule has 136 valence electrons. The molecule has 0 unspecified atom stereocenters. The summed E-state index contributed by atoms with van der Waals surface area (Å²) in [4.78, 5) is 24.3. The zero-order chi connectivity index (χ0) is 19.2. The van der Waals surface area contributed by atoms with Crippen molar-refractivity contribution in [3.05, 3.63) is 83.9 Å². The first-order valence-electron chi connectivity index (χ1n) is 8.35. The van der Waals surface area contributed by atoms with Gasteiger partial charge < -0.3 is 14.8 Å². The quantitative estimate of drug-likeness (QED) is 0.684. The second-order valence-electron chi connectivity index (χ2n) is 5.80. The average Bonchev–Trinajstić information content (AvgIpc) is 2.73. The van der Waals surface area contributed by atoms with Crippen molar-refractivity contribution >= 4 is 17.6 Å². The molecule has 0 atom stereocenters. The van der Waals surface area contributed by atoms with E-state index in [9.17, 15) is 9.59 Å². The van der Waals surface area contributed by atoms with Crippen molar-refractivity contribution in [2.75, 3.05) is 19.5 Å². The van der Waals surface area contributed by atoms with E-state index in [1.165, 1.54) is 14.2 Å². The molecule has 0 aliphatic heterocycles. The van der Waals surface area contributed by atoms with Crippen LogP contribution in [0.2, 0.25) is 0 Å². The molecule has 0 aliphatic carbocycles. The molecule has 5 heteroatoms. The van der Waals surface area contributed by atoms with Gasteiger partial charge in [-0.05, 0) is 47.5 Å². The highest BCUT2D eigenvalue weighted by Gasteiger charge is 2.14. The SMILES string of the molecule is COC(=O)c1ccc(NC(=O)c2cc(-c3ccccc3)ccc2OC)cc1. The van der Waals surface area contributed by atoms with Gasteiger partial charge in [-0.3, -0.25) is 4.79 Å². The highest BCUT2D eigenvalue weighted by molar-refractivity contribution is 6.07. The highest BCUT2D eigenvalue weighted by atomic mass is 16.5. The molecular formula is C22H19NO4. The maximum Gasteiger partial charge on any atom is 0.337 e. The number of benzene rings is 3. The topological polar surface area (TPSA) is 64.6 Å². The standard InChI is InChI=1S/C22H19NO4/c1-26-20-13-10-17(15-6-4-3-5-7-15)14-19(20)21(24)23-18-11-8-16(9-12-18)22(25)27-2/h3-14H,1-2H3,(H,23,24). The lowest BCUT2D eigenvalue weighted by molar-refractivity contribution is 0.0600. The van der Waals surface area contributed by atoms with Crippen molar-refractivity contribution in [1.82, 2.24) is 0 Å². The molecule has 1 N–H and O–H groups in total. The van der Waals surface area contributed by atoms with Gasteiger partial charge >= 0.3 is 5.97 Å². The summed E-state index contributed by atoms with van der Waals surface area (Å²) in [6.45, 7) is 0. The van der Waals surface area contributed by atoms with Crippen molar-refractivity contribution in [1.29, 1.82) is 0 Å². The number of carbonyl (C=O) groups excluding carboxylic acids is 2. The minimum Gasteiger partial charge on any atom is -0.496 e. The number of rotatable bonds is 5. The largest absolute Gasteiger partial charge is 0.496 e. The molecule has 3 rings (SSSR count). The van der Waals surface area contributed by atoms with Crippen LogP contribution in [-0.4, -0.2) is 26.1 Å². The van der Waals surface area contributed by atoms with E-state index in [2.05, 4.69) is 10.1 Å². The van der Waals surface area contributed by atoms with E-state index in [-0.39, 0.29) is 5.91 Å². The summed E-state index contributed by atoms with van der Waals surface area (Å²) in [6.07, 6.45) is 0. The van der Waals surface area contributed by atoms with Crippen LogP contribution in [-0.2, 0) is 4.74 Å². The number of hydrogen-bond donors (Lipinski definition) is 1. The smallest absolute Gasteiger partial charge is 0.337 e. The summed E-state index contributed by atoms with van der Waals surface area (Å²) in [5, 5.41) is 2.82. The Morgan fingerprint density at radius 2 is 1.52 bits per heavy atom. The fourth-order valence-corrected chi connectivity index (χ4v) is 2.70. The van der Waals surface area contributed by atoms with E-state index < -0.39 is 5.97 Å². The summed E-state index contributed by atoms with van der Waals surface area (Å²) < 4.78 is 10.0. The molecule has 0 bridgehead atoms. The van der Waals surface area contributed by atoms with Gasteiger partial charge in [-0.2, -0.15) is 0 Å². The third-order valence-electron chi connectivity index (χ3n) is 4.12. The predicted octanol–water partition coefficient (Wildman–Crippen LogP) is 4.40. The summed E-state index contributed by atoms with van der Waals surface area (Å²) in [6, 6.07) is 21.8. The maximum atomic E-state index is 12.8. The van der Waals surface area contributed by atoms with E-state index in [1.807, 2.05) is 36.4 Å². The molecular weight excluding hydrogens is 342 g/mol. The van der Waals surface area contributed by atoms with Crippen LogP contribution in [0.5, 0.6) is 5.75 Å². The number of esters is 1. The number of ether oxygens (including phenoxy) is 2. The van der Waals surface area contributed by atoms with Crippen LogP contribution in [0.15, 0.2) is 72.8 Å². The van der Waals surface area contributed by atoms with Gasteiger partial charge in [-0.15, -0.1) is 0 Å². The van der Waals surface area contributed by atoms with Crippen LogP contribution in [0.1, 0.15) is 20.7 Å². The van der Waals surface area contributed by atoms with Gasteiger partial charge in [0.15, 0.2) is 0 Å². The second-order valence-corrected chi connectivity index (χ2v) is 5.80. The van der Waals surface area contributed by atoms with Crippen molar-refractivity contribution < 1.29 is 19.1 Å². The summed E-state index contributed by atoms with van der Waals surface area (Å²) >= 11 is 0. The Balaban J connectivity index is 1.86. The Morgan fingerprint density at radius 3 is 2.15 bits per heavy atom. The molecule has 0 aromatic heterocycles. The maximum absolute atomic E-state index is 12.8. The first-order chi connectivity index (χ1) is 13.1. The van der Waals surface area contributed by atoms with Crippen molar-refractivity contribution in [3.63, 3.8) is 0 Å². The lowest BCUT2D eigenvalue weighted by atomic mass is 10.0. The van der Waals surface area contributed by atoms with E-state index in [4.69, 9.17) is 4.74 Å². The zero-order valence-electron chi connectivity index (χ0n) is 15.1.